The molecular weight excluding hydrogens is 244 g/mol. The molecule has 0 aromatic heterocycles. The van der Waals surface area contributed by atoms with Crippen LogP contribution in [0.2, 0.25) is 0 Å². The van der Waals surface area contributed by atoms with Gasteiger partial charge in [-0.2, -0.15) is 0 Å². The molecule has 19 heavy (non-hydrogen) atoms. The van der Waals surface area contributed by atoms with E-state index in [4.69, 9.17) is 6.42 Å². The molecule has 5 nitrogen and oxygen atoms in total. The highest BCUT2D eigenvalue weighted by Crippen LogP contribution is 2.31. The lowest BCUT2D eigenvalue weighted by atomic mass is 10.1. The van der Waals surface area contributed by atoms with E-state index in [1.165, 1.54) is 6.07 Å². The van der Waals surface area contributed by atoms with Gasteiger partial charge in [0.2, 0.25) is 0 Å². The van der Waals surface area contributed by atoms with Crippen LogP contribution in [0.5, 0.6) is 0 Å². The molecule has 0 saturated carbocycles. The number of rotatable bonds is 6. The Labute approximate surface area is 113 Å². The van der Waals surface area contributed by atoms with Crippen molar-refractivity contribution in [3.63, 3.8) is 0 Å². The van der Waals surface area contributed by atoms with Crippen LogP contribution in [0.4, 0.5) is 11.4 Å². The molecular formula is C14H18N2O3. The number of aliphatic hydroxyl groups excluding tert-OH is 1. The van der Waals surface area contributed by atoms with Gasteiger partial charge in [0.05, 0.1) is 17.6 Å². The summed E-state index contributed by atoms with van der Waals surface area (Å²) in [7, 11) is 0. The van der Waals surface area contributed by atoms with Gasteiger partial charge in [-0.1, -0.05) is 18.9 Å². The van der Waals surface area contributed by atoms with Gasteiger partial charge in [-0.3, -0.25) is 10.1 Å². The van der Waals surface area contributed by atoms with Gasteiger partial charge in [0, 0.05) is 12.6 Å². The van der Waals surface area contributed by atoms with Gasteiger partial charge in [0.15, 0.2) is 0 Å². The van der Waals surface area contributed by atoms with Gasteiger partial charge < -0.3 is 10.0 Å². The van der Waals surface area contributed by atoms with E-state index in [1.54, 1.807) is 24.0 Å². The minimum absolute atomic E-state index is 0.0258. The number of hydrogen-bond acceptors (Lipinski definition) is 4. The Morgan fingerprint density at radius 3 is 2.74 bits per heavy atom. The summed E-state index contributed by atoms with van der Waals surface area (Å²) in [6, 6.07) is 4.73. The molecule has 1 atom stereocenters. The maximum absolute atomic E-state index is 11.2. The maximum Gasteiger partial charge on any atom is 0.292 e. The summed E-state index contributed by atoms with van der Waals surface area (Å²) in [5.74, 6) is 2.51. The Bertz CT molecular complexity index is 492. The minimum Gasteiger partial charge on any atom is -0.389 e. The molecule has 0 bridgehead atoms. The third-order valence-electron chi connectivity index (χ3n) is 2.79. The fourth-order valence-corrected chi connectivity index (χ4v) is 1.88. The Kier molecular flexibility index (Phi) is 5.34. The van der Waals surface area contributed by atoms with Crippen molar-refractivity contribution in [3.8, 4) is 12.3 Å². The third kappa shape index (κ3) is 3.70. The summed E-state index contributed by atoms with van der Waals surface area (Å²) < 4.78 is 0. The molecule has 0 aliphatic carbocycles. The van der Waals surface area contributed by atoms with E-state index < -0.39 is 11.0 Å². The van der Waals surface area contributed by atoms with Crippen molar-refractivity contribution in [2.45, 2.75) is 26.4 Å². The average molecular weight is 262 g/mol. The third-order valence-corrected chi connectivity index (χ3v) is 2.79. The molecule has 0 radical (unpaired) electrons. The Balaban J connectivity index is 3.25. The highest BCUT2D eigenvalue weighted by atomic mass is 16.6. The van der Waals surface area contributed by atoms with E-state index in [9.17, 15) is 15.2 Å². The molecule has 0 unspecified atom stereocenters. The number of nitrogens with zero attached hydrogens (tertiary/aromatic N) is 2. The van der Waals surface area contributed by atoms with Crippen LogP contribution in [0, 0.1) is 22.5 Å². The first-order valence-electron chi connectivity index (χ1n) is 6.16. The van der Waals surface area contributed by atoms with Gasteiger partial charge in [0.25, 0.3) is 5.69 Å². The van der Waals surface area contributed by atoms with Crippen LogP contribution in [0.15, 0.2) is 18.2 Å². The van der Waals surface area contributed by atoms with Crippen LogP contribution in [0.25, 0.3) is 0 Å². The summed E-state index contributed by atoms with van der Waals surface area (Å²) in [5, 5.41) is 20.7. The standard InChI is InChI=1S/C14H18N2O3/c1-4-8-15(9-5-2)13-7-6-12(11(3)17)10-14(13)16(18)19/h1,6-7,10-11,17H,5,8-9H2,2-3H3/t11-/m0/s1. The first-order valence-corrected chi connectivity index (χ1v) is 6.16. The van der Waals surface area contributed by atoms with Gasteiger partial charge in [-0.05, 0) is 25.0 Å². The predicted molar refractivity (Wildman–Crippen MR) is 75.1 cm³/mol. The second kappa shape index (κ2) is 6.76. The molecule has 0 aliphatic heterocycles. The lowest BCUT2D eigenvalue weighted by Gasteiger charge is -2.22. The van der Waals surface area contributed by atoms with Crippen LogP contribution in [0.3, 0.4) is 0 Å². The summed E-state index contributed by atoms with van der Waals surface area (Å²) in [4.78, 5) is 12.5. The summed E-state index contributed by atoms with van der Waals surface area (Å²) in [6.45, 7) is 4.53. The lowest BCUT2D eigenvalue weighted by Crippen LogP contribution is -2.25. The van der Waals surface area contributed by atoms with Crippen molar-refractivity contribution in [3.05, 3.63) is 33.9 Å². The van der Waals surface area contributed by atoms with Crippen molar-refractivity contribution < 1.29 is 10.0 Å². The Hall–Kier alpha value is -2.06. The first-order chi connectivity index (χ1) is 9.01. The molecule has 0 saturated heterocycles. The molecule has 0 aliphatic rings. The van der Waals surface area contributed by atoms with Crippen molar-refractivity contribution in [2.75, 3.05) is 18.0 Å². The van der Waals surface area contributed by atoms with E-state index in [0.717, 1.165) is 6.42 Å². The second-order valence-corrected chi connectivity index (χ2v) is 4.31. The first kappa shape index (κ1) is 15.0. The van der Waals surface area contributed by atoms with Gasteiger partial charge in [-0.15, -0.1) is 6.42 Å². The van der Waals surface area contributed by atoms with Crippen molar-refractivity contribution in [1.82, 2.24) is 0 Å². The average Bonchev–Trinajstić information content (AvgIpc) is 2.37. The van der Waals surface area contributed by atoms with E-state index in [0.29, 0.717) is 24.3 Å². The van der Waals surface area contributed by atoms with Gasteiger partial charge in [-0.25, -0.2) is 0 Å². The molecule has 0 heterocycles. The fraction of sp³-hybridized carbons (Fsp3) is 0.429. The Morgan fingerprint density at radius 1 is 1.58 bits per heavy atom. The number of aliphatic hydroxyl groups is 1. The van der Waals surface area contributed by atoms with Crippen LogP contribution in [-0.4, -0.2) is 23.1 Å². The van der Waals surface area contributed by atoms with Crippen LogP contribution in [0.1, 0.15) is 31.9 Å². The largest absolute Gasteiger partial charge is 0.389 e. The van der Waals surface area contributed by atoms with E-state index >= 15 is 0 Å². The number of anilines is 1. The zero-order chi connectivity index (χ0) is 14.4. The summed E-state index contributed by atoms with van der Waals surface area (Å²) in [6.07, 6.45) is 5.41. The number of hydrogen-bond donors (Lipinski definition) is 1. The van der Waals surface area contributed by atoms with E-state index in [2.05, 4.69) is 5.92 Å². The quantitative estimate of drug-likeness (QED) is 0.486. The molecule has 102 valence electrons. The predicted octanol–water partition coefficient (Wildman–Crippen LogP) is 2.50. The molecule has 0 amide bonds. The fourth-order valence-electron chi connectivity index (χ4n) is 1.88. The second-order valence-electron chi connectivity index (χ2n) is 4.31. The van der Waals surface area contributed by atoms with Gasteiger partial charge in [0.1, 0.15) is 5.69 Å². The normalized spacial score (nSPS) is 11.7. The lowest BCUT2D eigenvalue weighted by molar-refractivity contribution is -0.384. The number of benzene rings is 1. The van der Waals surface area contributed by atoms with Gasteiger partial charge >= 0.3 is 0 Å². The SMILES string of the molecule is C#CCN(CCC)c1ccc([C@H](C)O)cc1[N+](=O)[O-]. The van der Waals surface area contributed by atoms with Crippen molar-refractivity contribution in [2.24, 2.45) is 0 Å². The zero-order valence-electron chi connectivity index (χ0n) is 11.2. The summed E-state index contributed by atoms with van der Waals surface area (Å²) in [5.41, 5.74) is 0.990. The molecule has 1 rings (SSSR count). The molecule has 1 aromatic carbocycles. The van der Waals surface area contributed by atoms with Crippen LogP contribution >= 0.6 is 0 Å². The highest BCUT2D eigenvalue weighted by Gasteiger charge is 2.20. The zero-order valence-corrected chi connectivity index (χ0v) is 11.2. The molecule has 1 N–H and O–H groups in total. The maximum atomic E-state index is 11.2. The molecule has 0 fully saturated rings. The summed E-state index contributed by atoms with van der Waals surface area (Å²) >= 11 is 0. The Morgan fingerprint density at radius 2 is 2.26 bits per heavy atom. The number of nitro groups is 1. The van der Waals surface area contributed by atoms with Crippen molar-refractivity contribution >= 4 is 11.4 Å². The minimum atomic E-state index is -0.736. The highest BCUT2D eigenvalue weighted by molar-refractivity contribution is 5.65. The van der Waals surface area contributed by atoms with Crippen LogP contribution < -0.4 is 4.90 Å². The van der Waals surface area contributed by atoms with E-state index in [-0.39, 0.29) is 5.69 Å². The van der Waals surface area contributed by atoms with E-state index in [1.807, 2.05) is 6.92 Å². The van der Waals surface area contributed by atoms with Crippen molar-refractivity contribution in [1.29, 1.82) is 0 Å². The topological polar surface area (TPSA) is 66.6 Å². The molecule has 0 spiro atoms. The van der Waals surface area contributed by atoms with Crippen LogP contribution in [-0.2, 0) is 0 Å². The smallest absolute Gasteiger partial charge is 0.292 e. The monoisotopic (exact) mass is 262 g/mol. The number of terminal acetylenes is 1. The molecule has 5 heteroatoms. The molecule has 1 aromatic rings. The number of nitro benzene ring substituents is 1.